The van der Waals surface area contributed by atoms with Gasteiger partial charge in [0.15, 0.2) is 5.78 Å². The molecule has 0 bridgehead atoms. The number of esters is 1. The number of carbonyl (C=O) groups excluding carboxylic acids is 2. The number of hydrogen-bond acceptors (Lipinski definition) is 7. The number of nitro benzene ring substituents is 1. The number of sulfonamides is 1. The molecule has 3 rings (SSSR count). The zero-order valence-electron chi connectivity index (χ0n) is 20.7. The Hall–Kier alpha value is -3.89. The lowest BCUT2D eigenvalue weighted by Crippen LogP contribution is -2.50. The number of non-ortho nitro benzene ring substituents is 1. The van der Waals surface area contributed by atoms with Gasteiger partial charge in [-0.25, -0.2) is 8.42 Å². The average molecular weight is 525 g/mol. The van der Waals surface area contributed by atoms with Crippen LogP contribution in [0.5, 0.6) is 0 Å². The molecular formula is C27H28N2O7S. The van der Waals surface area contributed by atoms with Crippen molar-refractivity contribution in [3.8, 4) is 0 Å². The van der Waals surface area contributed by atoms with E-state index in [0.717, 1.165) is 28.6 Å². The molecule has 0 N–H and O–H groups in total. The van der Waals surface area contributed by atoms with Gasteiger partial charge in [-0.1, -0.05) is 60.7 Å². The molecule has 0 fully saturated rings. The van der Waals surface area contributed by atoms with Gasteiger partial charge in [0.2, 0.25) is 10.0 Å². The van der Waals surface area contributed by atoms with Gasteiger partial charge >= 0.3 is 5.97 Å². The molecular weight excluding hydrogens is 496 g/mol. The van der Waals surface area contributed by atoms with E-state index in [4.69, 9.17) is 4.74 Å². The van der Waals surface area contributed by atoms with Gasteiger partial charge in [0, 0.05) is 17.7 Å². The van der Waals surface area contributed by atoms with Crippen LogP contribution in [0.15, 0.2) is 89.8 Å². The zero-order valence-corrected chi connectivity index (χ0v) is 21.6. The summed E-state index contributed by atoms with van der Waals surface area (Å²) in [5, 5.41) is 11.1. The predicted octanol–water partition coefficient (Wildman–Crippen LogP) is 4.42. The maximum atomic E-state index is 13.9. The Labute approximate surface area is 215 Å². The minimum absolute atomic E-state index is 0.0516. The maximum Gasteiger partial charge on any atom is 0.325 e. The number of nitrogens with zero attached hydrogens (tertiary/aromatic N) is 2. The van der Waals surface area contributed by atoms with E-state index in [1.807, 2.05) is 0 Å². The highest BCUT2D eigenvalue weighted by Crippen LogP contribution is 2.25. The van der Waals surface area contributed by atoms with E-state index >= 15 is 0 Å². The summed E-state index contributed by atoms with van der Waals surface area (Å²) in [7, 11) is -4.48. The van der Waals surface area contributed by atoms with Crippen LogP contribution in [0.4, 0.5) is 5.69 Å². The Morgan fingerprint density at radius 3 is 1.97 bits per heavy atom. The standard InChI is InChI=1S/C27H28N2O7S/c1-27(2,3)36-26(31)24(18-20-10-6-4-7-11-20)28(19-25(30)21-12-8-5-9-13-21)37(34,35)23-16-14-22(15-17-23)29(32)33/h4-17,24H,18-19H2,1-3H3/t24-/m0/s1. The van der Waals surface area contributed by atoms with Gasteiger partial charge in [0.25, 0.3) is 5.69 Å². The van der Waals surface area contributed by atoms with Gasteiger partial charge in [0.1, 0.15) is 11.6 Å². The molecule has 9 nitrogen and oxygen atoms in total. The molecule has 0 radical (unpaired) electrons. The van der Waals surface area contributed by atoms with Crippen molar-refractivity contribution in [3.63, 3.8) is 0 Å². The number of ketones is 1. The van der Waals surface area contributed by atoms with Crippen molar-refractivity contribution in [2.75, 3.05) is 6.54 Å². The number of nitro groups is 1. The third kappa shape index (κ3) is 7.31. The van der Waals surface area contributed by atoms with E-state index in [0.29, 0.717) is 5.56 Å². The molecule has 194 valence electrons. The fourth-order valence-corrected chi connectivity index (χ4v) is 5.14. The van der Waals surface area contributed by atoms with Crippen molar-refractivity contribution in [1.82, 2.24) is 4.31 Å². The summed E-state index contributed by atoms with van der Waals surface area (Å²) >= 11 is 0. The van der Waals surface area contributed by atoms with Crippen LogP contribution in [-0.4, -0.2) is 47.6 Å². The Morgan fingerprint density at radius 1 is 0.919 bits per heavy atom. The first-order chi connectivity index (χ1) is 17.4. The molecule has 0 unspecified atom stereocenters. The zero-order chi connectivity index (χ0) is 27.2. The Morgan fingerprint density at radius 2 is 1.46 bits per heavy atom. The first kappa shape index (κ1) is 27.7. The Bertz CT molecular complexity index is 1350. The lowest BCUT2D eigenvalue weighted by molar-refractivity contribution is -0.384. The first-order valence-electron chi connectivity index (χ1n) is 11.5. The smallest absolute Gasteiger partial charge is 0.325 e. The van der Waals surface area contributed by atoms with Crippen molar-refractivity contribution in [3.05, 3.63) is 106 Å². The first-order valence-corrected chi connectivity index (χ1v) is 12.9. The van der Waals surface area contributed by atoms with Gasteiger partial charge in [-0.15, -0.1) is 0 Å². The van der Waals surface area contributed by atoms with Crippen LogP contribution in [0.1, 0.15) is 36.7 Å². The second-order valence-corrected chi connectivity index (χ2v) is 11.2. The van der Waals surface area contributed by atoms with Crippen LogP contribution in [0.3, 0.4) is 0 Å². The molecule has 0 heterocycles. The number of benzene rings is 3. The van der Waals surface area contributed by atoms with Gasteiger partial charge in [-0.05, 0) is 44.9 Å². The molecule has 0 aromatic heterocycles. The van der Waals surface area contributed by atoms with Crippen molar-refractivity contribution < 1.29 is 27.7 Å². The molecule has 1 atom stereocenters. The lowest BCUT2D eigenvalue weighted by Gasteiger charge is -2.31. The molecule has 0 amide bonds. The fourth-order valence-electron chi connectivity index (χ4n) is 3.60. The van der Waals surface area contributed by atoms with Crippen molar-refractivity contribution in [1.29, 1.82) is 0 Å². The average Bonchev–Trinajstić information content (AvgIpc) is 2.86. The number of hydrogen-bond donors (Lipinski definition) is 0. The normalized spacial score (nSPS) is 12.6. The molecule has 10 heteroatoms. The molecule has 0 saturated carbocycles. The second-order valence-electron chi connectivity index (χ2n) is 9.33. The van der Waals surface area contributed by atoms with Crippen LogP contribution < -0.4 is 0 Å². The molecule has 0 aliphatic rings. The molecule has 0 aliphatic heterocycles. The topological polar surface area (TPSA) is 124 Å². The van der Waals surface area contributed by atoms with Crippen molar-refractivity contribution in [2.24, 2.45) is 0 Å². The number of Topliss-reactive ketones (excluding diaryl/α,β-unsaturated/α-hetero) is 1. The van der Waals surface area contributed by atoms with Gasteiger partial charge in [-0.3, -0.25) is 19.7 Å². The van der Waals surface area contributed by atoms with Crippen molar-refractivity contribution in [2.45, 2.75) is 43.7 Å². The van der Waals surface area contributed by atoms with E-state index in [-0.39, 0.29) is 22.6 Å². The number of carbonyl (C=O) groups is 2. The summed E-state index contributed by atoms with van der Waals surface area (Å²) < 4.78 is 34.2. The number of rotatable bonds is 10. The third-order valence-electron chi connectivity index (χ3n) is 5.35. The minimum Gasteiger partial charge on any atom is -0.459 e. The van der Waals surface area contributed by atoms with Crippen molar-refractivity contribution >= 4 is 27.5 Å². The van der Waals surface area contributed by atoms with E-state index in [2.05, 4.69) is 0 Å². The summed E-state index contributed by atoms with van der Waals surface area (Å²) in [6.45, 7) is 4.35. The molecule has 3 aromatic rings. The van der Waals surface area contributed by atoms with Crippen LogP contribution >= 0.6 is 0 Å². The largest absolute Gasteiger partial charge is 0.459 e. The van der Waals surface area contributed by atoms with Crippen LogP contribution in [0.25, 0.3) is 0 Å². The maximum absolute atomic E-state index is 13.9. The Balaban J connectivity index is 2.12. The molecule has 0 aliphatic carbocycles. The summed E-state index contributed by atoms with van der Waals surface area (Å²) in [5.74, 6) is -1.34. The minimum atomic E-state index is -4.48. The molecule has 0 saturated heterocycles. The van der Waals surface area contributed by atoms with Gasteiger partial charge in [0.05, 0.1) is 16.4 Å². The fraction of sp³-hybridized carbons (Fsp3) is 0.259. The highest BCUT2D eigenvalue weighted by molar-refractivity contribution is 7.89. The number of ether oxygens (including phenoxy) is 1. The van der Waals surface area contributed by atoms with E-state index in [1.54, 1.807) is 81.4 Å². The summed E-state index contributed by atoms with van der Waals surface area (Å²) in [5.41, 5.74) is -0.277. The van der Waals surface area contributed by atoms with E-state index < -0.39 is 44.9 Å². The summed E-state index contributed by atoms with van der Waals surface area (Å²) in [6.07, 6.45) is -0.0516. The summed E-state index contributed by atoms with van der Waals surface area (Å²) in [6, 6.07) is 19.8. The Kier molecular flexibility index (Phi) is 8.57. The lowest BCUT2D eigenvalue weighted by atomic mass is 10.0. The highest BCUT2D eigenvalue weighted by Gasteiger charge is 2.40. The van der Waals surface area contributed by atoms with Crippen LogP contribution in [-0.2, 0) is 26.0 Å². The van der Waals surface area contributed by atoms with Gasteiger partial charge in [-0.2, -0.15) is 4.31 Å². The third-order valence-corrected chi connectivity index (χ3v) is 7.22. The molecule has 37 heavy (non-hydrogen) atoms. The molecule has 0 spiro atoms. The van der Waals surface area contributed by atoms with Crippen LogP contribution in [0, 0.1) is 10.1 Å². The van der Waals surface area contributed by atoms with E-state index in [1.165, 1.54) is 0 Å². The monoisotopic (exact) mass is 524 g/mol. The summed E-state index contributed by atoms with van der Waals surface area (Å²) in [4.78, 5) is 36.7. The van der Waals surface area contributed by atoms with Crippen LogP contribution in [0.2, 0.25) is 0 Å². The highest BCUT2D eigenvalue weighted by atomic mass is 32.2. The second kappa shape index (κ2) is 11.4. The SMILES string of the molecule is CC(C)(C)OC(=O)[C@H](Cc1ccccc1)N(CC(=O)c1ccccc1)S(=O)(=O)c1ccc([N+](=O)[O-])cc1. The van der Waals surface area contributed by atoms with Gasteiger partial charge < -0.3 is 4.74 Å². The quantitative estimate of drug-likeness (QED) is 0.166. The molecule has 3 aromatic carbocycles. The predicted molar refractivity (Wildman–Crippen MR) is 138 cm³/mol. The van der Waals surface area contributed by atoms with E-state index in [9.17, 15) is 28.1 Å².